The van der Waals surface area contributed by atoms with E-state index in [9.17, 15) is 13.2 Å². The lowest BCUT2D eigenvalue weighted by molar-refractivity contribution is 0.0952. The molecule has 2 N–H and O–H groups in total. The number of anilines is 1. The zero-order valence-electron chi connectivity index (χ0n) is 15.7. The van der Waals surface area contributed by atoms with Crippen molar-refractivity contribution in [3.8, 4) is 0 Å². The molecule has 0 saturated carbocycles. The molecule has 0 aliphatic carbocycles. The molecule has 0 radical (unpaired) electrons. The number of rotatable bonds is 7. The Labute approximate surface area is 155 Å². The Morgan fingerprint density at radius 1 is 1.04 bits per heavy atom. The van der Waals surface area contributed by atoms with Crippen molar-refractivity contribution in [3.63, 3.8) is 0 Å². The van der Waals surface area contributed by atoms with Crippen molar-refractivity contribution in [3.05, 3.63) is 59.2 Å². The van der Waals surface area contributed by atoms with Gasteiger partial charge in [0.25, 0.3) is 15.9 Å². The van der Waals surface area contributed by atoms with Crippen LogP contribution in [-0.4, -0.2) is 20.9 Å². The van der Waals surface area contributed by atoms with Gasteiger partial charge in [0.05, 0.1) is 10.6 Å². The van der Waals surface area contributed by atoms with Gasteiger partial charge in [0.1, 0.15) is 0 Å². The summed E-state index contributed by atoms with van der Waals surface area (Å²) in [6, 6.07) is 11.9. The van der Waals surface area contributed by atoms with E-state index in [4.69, 9.17) is 0 Å². The van der Waals surface area contributed by atoms with E-state index in [1.54, 1.807) is 31.2 Å². The maximum atomic E-state index is 12.8. The lowest BCUT2D eigenvalue weighted by atomic mass is 10.1. The quantitative estimate of drug-likeness (QED) is 0.772. The van der Waals surface area contributed by atoms with Gasteiger partial charge < -0.3 is 5.32 Å². The van der Waals surface area contributed by atoms with E-state index in [0.29, 0.717) is 29.3 Å². The first-order chi connectivity index (χ1) is 12.2. The molecule has 0 atom stereocenters. The largest absolute Gasteiger partial charge is 0.352 e. The predicted octanol–water partition coefficient (Wildman–Crippen LogP) is 3.88. The predicted molar refractivity (Wildman–Crippen MR) is 105 cm³/mol. The van der Waals surface area contributed by atoms with Crippen LogP contribution in [0, 0.1) is 19.8 Å². The summed E-state index contributed by atoms with van der Waals surface area (Å²) in [5.74, 6) is 0.223. The molecule has 26 heavy (non-hydrogen) atoms. The number of hydrogen-bond acceptors (Lipinski definition) is 3. The third-order valence-corrected chi connectivity index (χ3v) is 5.64. The van der Waals surface area contributed by atoms with Crippen molar-refractivity contribution in [2.45, 2.75) is 39.0 Å². The number of amides is 1. The van der Waals surface area contributed by atoms with Gasteiger partial charge in [-0.1, -0.05) is 38.1 Å². The van der Waals surface area contributed by atoms with Gasteiger partial charge in [-0.05, 0) is 55.5 Å². The van der Waals surface area contributed by atoms with E-state index in [1.165, 1.54) is 6.07 Å². The van der Waals surface area contributed by atoms with Gasteiger partial charge in [0.2, 0.25) is 0 Å². The van der Waals surface area contributed by atoms with E-state index in [-0.39, 0.29) is 10.8 Å². The monoisotopic (exact) mass is 374 g/mol. The highest BCUT2D eigenvalue weighted by Crippen LogP contribution is 2.22. The first-order valence-electron chi connectivity index (χ1n) is 8.68. The van der Waals surface area contributed by atoms with Crippen LogP contribution in [0.15, 0.2) is 47.4 Å². The van der Waals surface area contributed by atoms with Crippen molar-refractivity contribution < 1.29 is 13.2 Å². The molecule has 0 spiro atoms. The number of benzene rings is 2. The number of aryl methyl sites for hydroxylation is 2. The number of hydrogen-bond donors (Lipinski definition) is 2. The molecule has 1 amide bonds. The molecule has 0 bridgehead atoms. The Kier molecular flexibility index (Phi) is 6.42. The van der Waals surface area contributed by atoms with Crippen molar-refractivity contribution in [1.82, 2.24) is 5.32 Å². The van der Waals surface area contributed by atoms with Crippen LogP contribution in [0.25, 0.3) is 0 Å². The van der Waals surface area contributed by atoms with Gasteiger partial charge in [-0.3, -0.25) is 9.52 Å². The summed E-state index contributed by atoms with van der Waals surface area (Å²) in [5, 5.41) is 2.83. The number of nitrogens with one attached hydrogen (secondary N) is 2. The maximum Gasteiger partial charge on any atom is 0.262 e. The van der Waals surface area contributed by atoms with Crippen molar-refractivity contribution in [2.75, 3.05) is 11.3 Å². The van der Waals surface area contributed by atoms with Gasteiger partial charge >= 0.3 is 0 Å². The van der Waals surface area contributed by atoms with E-state index < -0.39 is 10.0 Å². The van der Waals surface area contributed by atoms with Crippen LogP contribution < -0.4 is 10.0 Å². The van der Waals surface area contributed by atoms with Gasteiger partial charge in [-0.25, -0.2) is 8.42 Å². The molecule has 0 aliphatic rings. The van der Waals surface area contributed by atoms with E-state index in [2.05, 4.69) is 23.9 Å². The molecule has 140 valence electrons. The third kappa shape index (κ3) is 5.08. The van der Waals surface area contributed by atoms with Gasteiger partial charge in [-0.2, -0.15) is 0 Å². The molecule has 5 nitrogen and oxygen atoms in total. The average Bonchev–Trinajstić information content (AvgIpc) is 2.56. The molecule has 0 fully saturated rings. The summed E-state index contributed by atoms with van der Waals surface area (Å²) in [6.45, 7) is 8.28. The minimum Gasteiger partial charge on any atom is -0.352 e. The second-order valence-electron chi connectivity index (χ2n) is 6.84. The fraction of sp³-hybridized carbons (Fsp3) is 0.350. The van der Waals surface area contributed by atoms with Crippen LogP contribution in [0.4, 0.5) is 5.69 Å². The fourth-order valence-corrected chi connectivity index (χ4v) is 3.90. The fourth-order valence-electron chi connectivity index (χ4n) is 2.49. The average molecular weight is 375 g/mol. The van der Waals surface area contributed by atoms with Gasteiger partial charge in [-0.15, -0.1) is 0 Å². The van der Waals surface area contributed by atoms with Crippen LogP contribution in [0.3, 0.4) is 0 Å². The minimum atomic E-state index is -3.79. The zero-order chi connectivity index (χ0) is 19.3. The van der Waals surface area contributed by atoms with Gasteiger partial charge in [0, 0.05) is 12.1 Å². The zero-order valence-corrected chi connectivity index (χ0v) is 16.5. The van der Waals surface area contributed by atoms with Crippen LogP contribution in [0.5, 0.6) is 0 Å². The second kappa shape index (κ2) is 8.36. The van der Waals surface area contributed by atoms with Crippen LogP contribution >= 0.6 is 0 Å². The van der Waals surface area contributed by atoms with Crippen LogP contribution in [-0.2, 0) is 10.0 Å². The third-order valence-electron chi connectivity index (χ3n) is 4.14. The summed E-state index contributed by atoms with van der Waals surface area (Å²) >= 11 is 0. The number of carbonyl (C=O) groups is 1. The van der Waals surface area contributed by atoms with Crippen molar-refractivity contribution in [1.29, 1.82) is 0 Å². The Hall–Kier alpha value is -2.34. The highest BCUT2D eigenvalue weighted by molar-refractivity contribution is 7.92. The van der Waals surface area contributed by atoms with Crippen molar-refractivity contribution in [2.24, 2.45) is 5.92 Å². The van der Waals surface area contributed by atoms with Crippen molar-refractivity contribution >= 4 is 21.6 Å². The lowest BCUT2D eigenvalue weighted by Gasteiger charge is -2.14. The molecular formula is C20H26N2O3S. The first kappa shape index (κ1) is 20.0. The summed E-state index contributed by atoms with van der Waals surface area (Å²) in [4.78, 5) is 12.4. The molecular weight excluding hydrogens is 348 g/mol. The number of para-hydroxylation sites is 1. The molecule has 0 aromatic heterocycles. The van der Waals surface area contributed by atoms with E-state index >= 15 is 0 Å². The standard InChI is InChI=1S/C20H26N2O3S/c1-14(2)11-12-21-20(23)17-10-9-16(4)19(13-17)26(24,25)22-18-8-6-5-7-15(18)3/h5-10,13-14,22H,11-12H2,1-4H3,(H,21,23). The molecule has 0 heterocycles. The highest BCUT2D eigenvalue weighted by Gasteiger charge is 2.20. The number of sulfonamides is 1. The molecule has 2 aromatic carbocycles. The molecule has 0 unspecified atom stereocenters. The Bertz CT molecular complexity index is 890. The van der Waals surface area contributed by atoms with Crippen LogP contribution in [0.1, 0.15) is 41.8 Å². The van der Waals surface area contributed by atoms with Gasteiger partial charge in [0.15, 0.2) is 0 Å². The Balaban J connectivity index is 2.25. The highest BCUT2D eigenvalue weighted by atomic mass is 32.2. The topological polar surface area (TPSA) is 75.3 Å². The normalized spacial score (nSPS) is 11.4. The van der Waals surface area contributed by atoms with Crippen LogP contribution in [0.2, 0.25) is 0 Å². The SMILES string of the molecule is Cc1ccccc1NS(=O)(=O)c1cc(C(=O)NCCC(C)C)ccc1C. The summed E-state index contributed by atoms with van der Waals surface area (Å²) < 4.78 is 28.2. The van der Waals surface area contributed by atoms with E-state index in [0.717, 1.165) is 12.0 Å². The lowest BCUT2D eigenvalue weighted by Crippen LogP contribution is -2.26. The summed E-state index contributed by atoms with van der Waals surface area (Å²) in [6.07, 6.45) is 0.873. The number of carbonyl (C=O) groups excluding carboxylic acids is 1. The smallest absolute Gasteiger partial charge is 0.262 e. The van der Waals surface area contributed by atoms with E-state index in [1.807, 2.05) is 19.1 Å². The molecule has 6 heteroatoms. The molecule has 0 saturated heterocycles. The maximum absolute atomic E-state index is 12.8. The summed E-state index contributed by atoms with van der Waals surface area (Å²) in [5.41, 5.74) is 2.28. The molecule has 2 rings (SSSR count). The first-order valence-corrected chi connectivity index (χ1v) is 10.2. The Morgan fingerprint density at radius 2 is 1.73 bits per heavy atom. The summed E-state index contributed by atoms with van der Waals surface area (Å²) in [7, 11) is -3.79. The molecule has 0 aliphatic heterocycles. The second-order valence-corrected chi connectivity index (χ2v) is 8.49. The Morgan fingerprint density at radius 3 is 2.38 bits per heavy atom. The molecule has 2 aromatic rings. The minimum absolute atomic E-state index is 0.109.